The predicted octanol–water partition coefficient (Wildman–Crippen LogP) is 0.781. The fourth-order valence-corrected chi connectivity index (χ4v) is 0.452. The summed E-state index contributed by atoms with van der Waals surface area (Å²) in [5.41, 5.74) is 0. The molecule has 1 N–H and O–H groups in total. The Morgan fingerprint density at radius 3 is 3.12 bits per heavy atom. The molecule has 8 heavy (non-hydrogen) atoms. The molecule has 2 heteroatoms. The third-order valence-corrected chi connectivity index (χ3v) is 0.742. The Kier molecular flexibility index (Phi) is 1.34. The van der Waals surface area contributed by atoms with Crippen molar-refractivity contribution in [2.75, 3.05) is 0 Å². The third-order valence-electron chi connectivity index (χ3n) is 0.742. The number of nitrogens with zero attached hydrogens (tertiary/aromatic N) is 1. The van der Waals surface area contributed by atoms with E-state index in [4.69, 9.17) is 0 Å². The van der Waals surface area contributed by atoms with Crippen LogP contribution in [-0.2, 0) is 0 Å². The monoisotopic (exact) mass is 106 g/mol. The van der Waals surface area contributed by atoms with Gasteiger partial charge in [0, 0.05) is 12.4 Å². The minimum absolute atomic E-state index is 0.729. The van der Waals surface area contributed by atoms with Crippen LogP contribution in [0.1, 0.15) is 12.7 Å². The van der Waals surface area contributed by atoms with Gasteiger partial charge in [0.1, 0.15) is 0 Å². The van der Waals surface area contributed by atoms with Crippen LogP contribution in [0.3, 0.4) is 0 Å². The van der Waals surface area contributed by atoms with E-state index in [0.29, 0.717) is 0 Å². The Balaban J connectivity index is 2.88. The van der Waals surface area contributed by atoms with E-state index < -0.39 is 0 Å². The molecule has 2 nitrogen and oxygen atoms in total. The van der Waals surface area contributed by atoms with E-state index >= 15 is 0 Å². The van der Waals surface area contributed by atoms with Gasteiger partial charge in [-0.25, -0.2) is 4.98 Å². The zero-order valence-electron chi connectivity index (χ0n) is 4.60. The molecule has 0 amide bonds. The zero-order chi connectivity index (χ0) is 5.82. The molecule has 1 aromatic heterocycles. The van der Waals surface area contributed by atoms with Crippen LogP contribution >= 0.6 is 0 Å². The summed E-state index contributed by atoms with van der Waals surface area (Å²) in [6.45, 7) is 1.78. The van der Waals surface area contributed by atoms with Gasteiger partial charge in [-0.1, -0.05) is 5.92 Å². The van der Waals surface area contributed by atoms with Crippen molar-refractivity contribution >= 4 is 0 Å². The lowest BCUT2D eigenvalue weighted by atomic mass is 10.6. The minimum Gasteiger partial charge on any atom is -0.338 e. The lowest BCUT2D eigenvalue weighted by molar-refractivity contribution is 1.25. The summed E-state index contributed by atoms with van der Waals surface area (Å²) in [6, 6.07) is 0. The van der Waals surface area contributed by atoms with Gasteiger partial charge in [0.15, 0.2) is 5.82 Å². The number of hydrogen-bond donors (Lipinski definition) is 1. The molecule has 0 radical (unpaired) electrons. The summed E-state index contributed by atoms with van der Waals surface area (Å²) < 4.78 is 0. The van der Waals surface area contributed by atoms with Crippen molar-refractivity contribution in [3.8, 4) is 11.8 Å². The van der Waals surface area contributed by atoms with E-state index in [1.807, 2.05) is 0 Å². The Morgan fingerprint density at radius 2 is 2.62 bits per heavy atom. The molecule has 1 rings (SSSR count). The second-order valence-corrected chi connectivity index (χ2v) is 1.31. The lowest BCUT2D eigenvalue weighted by Gasteiger charge is -1.71. The van der Waals surface area contributed by atoms with Crippen LogP contribution in [0.4, 0.5) is 0 Å². The van der Waals surface area contributed by atoms with E-state index in [9.17, 15) is 0 Å². The molecule has 0 aliphatic rings. The summed E-state index contributed by atoms with van der Waals surface area (Å²) in [6.07, 6.45) is 3.43. The fourth-order valence-electron chi connectivity index (χ4n) is 0.452. The van der Waals surface area contributed by atoms with Gasteiger partial charge in [0.2, 0.25) is 0 Å². The van der Waals surface area contributed by atoms with Crippen molar-refractivity contribution < 1.29 is 0 Å². The van der Waals surface area contributed by atoms with Crippen LogP contribution in [0, 0.1) is 11.8 Å². The van der Waals surface area contributed by atoms with Gasteiger partial charge in [0.05, 0.1) is 0 Å². The standard InChI is InChI=1S/C6H6N2/c1-2-3-6-7-4-5-8-6/h4-5H,1H3,(H,7,8). The molecule has 1 heterocycles. The Hall–Kier alpha value is -1.23. The summed E-state index contributed by atoms with van der Waals surface area (Å²) in [4.78, 5) is 6.73. The van der Waals surface area contributed by atoms with E-state index in [-0.39, 0.29) is 0 Å². The number of aromatic amines is 1. The van der Waals surface area contributed by atoms with Gasteiger partial charge in [-0.2, -0.15) is 0 Å². The maximum absolute atomic E-state index is 3.88. The van der Waals surface area contributed by atoms with Gasteiger partial charge in [-0.3, -0.25) is 0 Å². The smallest absolute Gasteiger partial charge is 0.182 e. The highest BCUT2D eigenvalue weighted by Crippen LogP contribution is 1.81. The number of imidazole rings is 1. The quantitative estimate of drug-likeness (QED) is 0.486. The maximum Gasteiger partial charge on any atom is 0.182 e. The highest BCUT2D eigenvalue weighted by molar-refractivity contribution is 5.18. The minimum atomic E-state index is 0.729. The zero-order valence-corrected chi connectivity index (χ0v) is 4.60. The Morgan fingerprint density at radius 1 is 1.75 bits per heavy atom. The van der Waals surface area contributed by atoms with E-state index in [0.717, 1.165) is 5.82 Å². The van der Waals surface area contributed by atoms with Gasteiger partial charge >= 0.3 is 0 Å². The first kappa shape index (κ1) is 4.92. The average molecular weight is 106 g/mol. The summed E-state index contributed by atoms with van der Waals surface area (Å²) in [5, 5.41) is 0. The summed E-state index contributed by atoms with van der Waals surface area (Å²) >= 11 is 0. The molecule has 0 atom stereocenters. The van der Waals surface area contributed by atoms with Crippen molar-refractivity contribution in [1.82, 2.24) is 9.97 Å². The molecule has 0 saturated heterocycles. The van der Waals surface area contributed by atoms with E-state index in [2.05, 4.69) is 21.8 Å². The number of nitrogens with one attached hydrogen (secondary N) is 1. The lowest BCUT2D eigenvalue weighted by Crippen LogP contribution is -1.72. The molecule has 0 saturated carbocycles. The van der Waals surface area contributed by atoms with Gasteiger partial charge in [-0.05, 0) is 12.8 Å². The average Bonchev–Trinajstić information content (AvgIpc) is 2.19. The van der Waals surface area contributed by atoms with Gasteiger partial charge in [0.25, 0.3) is 0 Å². The molecule has 40 valence electrons. The molecule has 1 aromatic rings. The molecular weight excluding hydrogens is 100 g/mol. The van der Waals surface area contributed by atoms with Crippen molar-refractivity contribution in [1.29, 1.82) is 0 Å². The second kappa shape index (κ2) is 2.17. The molecule has 0 spiro atoms. The first-order chi connectivity index (χ1) is 3.93. The fraction of sp³-hybridized carbons (Fsp3) is 0.167. The Bertz CT molecular complexity index is 200. The molecule has 0 aromatic carbocycles. The normalized spacial score (nSPS) is 7.62. The summed E-state index contributed by atoms with van der Waals surface area (Å²) in [7, 11) is 0. The topological polar surface area (TPSA) is 28.7 Å². The van der Waals surface area contributed by atoms with Crippen molar-refractivity contribution in [2.24, 2.45) is 0 Å². The molecule has 0 bridgehead atoms. The molecule has 0 aliphatic heterocycles. The number of aromatic nitrogens is 2. The number of rotatable bonds is 0. The van der Waals surface area contributed by atoms with Crippen LogP contribution in [-0.4, -0.2) is 9.97 Å². The highest BCUT2D eigenvalue weighted by atomic mass is 14.9. The van der Waals surface area contributed by atoms with E-state index in [1.165, 1.54) is 0 Å². The highest BCUT2D eigenvalue weighted by Gasteiger charge is 1.80. The SMILES string of the molecule is CC#Cc1ncc[nH]1. The van der Waals surface area contributed by atoms with Crippen LogP contribution < -0.4 is 0 Å². The van der Waals surface area contributed by atoms with Crippen molar-refractivity contribution in [2.45, 2.75) is 6.92 Å². The van der Waals surface area contributed by atoms with E-state index in [1.54, 1.807) is 19.3 Å². The van der Waals surface area contributed by atoms with Crippen LogP contribution in [0.25, 0.3) is 0 Å². The molecule has 0 fully saturated rings. The molecule has 0 unspecified atom stereocenters. The van der Waals surface area contributed by atoms with Crippen LogP contribution in [0.5, 0.6) is 0 Å². The van der Waals surface area contributed by atoms with Crippen molar-refractivity contribution in [3.05, 3.63) is 18.2 Å². The Labute approximate surface area is 48.0 Å². The number of H-pyrrole nitrogens is 1. The maximum atomic E-state index is 3.88. The van der Waals surface area contributed by atoms with Gasteiger partial charge < -0.3 is 4.98 Å². The largest absolute Gasteiger partial charge is 0.338 e. The van der Waals surface area contributed by atoms with Crippen molar-refractivity contribution in [3.63, 3.8) is 0 Å². The van der Waals surface area contributed by atoms with Crippen LogP contribution in [0.15, 0.2) is 12.4 Å². The third kappa shape index (κ3) is 0.881. The summed E-state index contributed by atoms with van der Waals surface area (Å²) in [5.74, 6) is 6.23. The molecule has 0 aliphatic carbocycles. The first-order valence-corrected chi connectivity index (χ1v) is 2.35. The number of hydrogen-bond acceptors (Lipinski definition) is 1. The second-order valence-electron chi connectivity index (χ2n) is 1.31. The predicted molar refractivity (Wildman–Crippen MR) is 31.1 cm³/mol. The van der Waals surface area contributed by atoms with Crippen LogP contribution in [0.2, 0.25) is 0 Å². The first-order valence-electron chi connectivity index (χ1n) is 2.35. The van der Waals surface area contributed by atoms with Gasteiger partial charge in [-0.15, -0.1) is 0 Å². The molecular formula is C6H6N2.